The fourth-order valence-electron chi connectivity index (χ4n) is 1.74. The fourth-order valence-corrected chi connectivity index (χ4v) is 1.74. The summed E-state index contributed by atoms with van der Waals surface area (Å²) in [7, 11) is 0. The number of carbonyl (C=O) groups is 1. The standard InChI is InChI=1S/C11H12N2O.CH3Br/c12-11(14)8-13-6-5-9-3-1-2-4-10(9)7-13;1-2/h1-4,7H,5-6,8H2,(H-,12,14);1H3/p+1. The van der Waals surface area contributed by atoms with Gasteiger partial charge in [0.1, 0.15) is 6.54 Å². The first kappa shape index (κ1) is 12.9. The molecule has 1 amide bonds. The first-order chi connectivity index (χ1) is 7.75. The number of benzene rings is 1. The van der Waals surface area contributed by atoms with E-state index in [1.54, 1.807) is 0 Å². The molecule has 0 aromatic heterocycles. The zero-order chi connectivity index (χ0) is 12.0. The van der Waals surface area contributed by atoms with Gasteiger partial charge in [-0.3, -0.25) is 4.79 Å². The fraction of sp³-hybridized carbons (Fsp3) is 0.333. The van der Waals surface area contributed by atoms with E-state index in [9.17, 15) is 4.79 Å². The highest BCUT2D eigenvalue weighted by atomic mass is 79.9. The molecule has 0 atom stereocenters. The summed E-state index contributed by atoms with van der Waals surface area (Å²) in [6, 6.07) is 8.22. The Morgan fingerprint density at radius 3 is 2.81 bits per heavy atom. The number of hydrogen-bond donors (Lipinski definition) is 1. The number of hydrogen-bond acceptors (Lipinski definition) is 1. The second-order valence-corrected chi connectivity index (χ2v) is 3.51. The molecule has 4 heteroatoms. The van der Waals surface area contributed by atoms with Crippen LogP contribution in [-0.2, 0) is 11.2 Å². The van der Waals surface area contributed by atoms with Crippen LogP contribution in [0.2, 0.25) is 0 Å². The second kappa shape index (κ2) is 6.43. The summed E-state index contributed by atoms with van der Waals surface area (Å²) < 4.78 is 1.96. The van der Waals surface area contributed by atoms with E-state index in [1.807, 2.05) is 28.8 Å². The third-order valence-corrected chi connectivity index (χ3v) is 2.40. The Morgan fingerprint density at radius 2 is 2.12 bits per heavy atom. The van der Waals surface area contributed by atoms with Crippen molar-refractivity contribution in [2.75, 3.05) is 18.9 Å². The normalized spacial score (nSPS) is 13.0. The minimum Gasteiger partial charge on any atom is -0.364 e. The van der Waals surface area contributed by atoms with Gasteiger partial charge >= 0.3 is 0 Å². The van der Waals surface area contributed by atoms with E-state index in [0.717, 1.165) is 13.0 Å². The zero-order valence-electron chi connectivity index (χ0n) is 9.32. The predicted molar refractivity (Wildman–Crippen MR) is 69.4 cm³/mol. The molecule has 0 fully saturated rings. The van der Waals surface area contributed by atoms with Crippen LogP contribution >= 0.6 is 15.9 Å². The summed E-state index contributed by atoms with van der Waals surface area (Å²) >= 11 is 2.94. The van der Waals surface area contributed by atoms with Crippen LogP contribution in [0.4, 0.5) is 0 Å². The quantitative estimate of drug-likeness (QED) is 0.643. The molecule has 0 unspecified atom stereocenters. The zero-order valence-corrected chi connectivity index (χ0v) is 10.9. The Hall–Kier alpha value is -1.16. The van der Waals surface area contributed by atoms with Gasteiger partial charge in [-0.15, -0.1) is 0 Å². The summed E-state index contributed by atoms with van der Waals surface area (Å²) in [6.45, 7) is 1.19. The Morgan fingerprint density at radius 1 is 1.44 bits per heavy atom. The lowest BCUT2D eigenvalue weighted by atomic mass is 10.0. The predicted octanol–water partition coefficient (Wildman–Crippen LogP) is 1.17. The molecule has 2 N–H and O–H groups in total. The Bertz CT molecular complexity index is 402. The van der Waals surface area contributed by atoms with Crippen molar-refractivity contribution >= 4 is 28.1 Å². The summed E-state index contributed by atoms with van der Waals surface area (Å²) in [5, 5.41) is 0. The number of alkyl halides is 1. The summed E-state index contributed by atoms with van der Waals surface area (Å²) in [5.74, 6) is 1.54. The Balaban J connectivity index is 0.000000606. The molecule has 16 heavy (non-hydrogen) atoms. The monoisotopic (exact) mass is 283 g/mol. The van der Waals surface area contributed by atoms with Gasteiger partial charge in [-0.05, 0) is 17.5 Å². The SMILES string of the molecule is CBr.NC(=O)C[N+]1=Cc2ccccc2CC1. The summed E-state index contributed by atoms with van der Waals surface area (Å²) in [6.07, 6.45) is 2.99. The molecule has 0 spiro atoms. The first-order valence-corrected chi connectivity index (χ1v) is 6.67. The van der Waals surface area contributed by atoms with Gasteiger partial charge in [-0.1, -0.05) is 34.1 Å². The van der Waals surface area contributed by atoms with Crippen LogP contribution in [0.25, 0.3) is 0 Å². The molecule has 2 rings (SSSR count). The number of fused-ring (bicyclic) bond motifs is 1. The lowest BCUT2D eigenvalue weighted by molar-refractivity contribution is -0.512. The molecule has 3 nitrogen and oxygen atoms in total. The van der Waals surface area contributed by atoms with E-state index in [0.29, 0.717) is 6.54 Å². The highest BCUT2D eigenvalue weighted by Gasteiger charge is 2.16. The molecular weight excluding hydrogens is 268 g/mol. The van der Waals surface area contributed by atoms with Gasteiger partial charge < -0.3 is 5.73 Å². The van der Waals surface area contributed by atoms with Gasteiger partial charge in [0, 0.05) is 12.0 Å². The van der Waals surface area contributed by atoms with Crippen molar-refractivity contribution in [2.45, 2.75) is 6.42 Å². The van der Waals surface area contributed by atoms with Gasteiger partial charge in [0.15, 0.2) is 6.21 Å². The number of amides is 1. The van der Waals surface area contributed by atoms with Crippen LogP contribution in [0.5, 0.6) is 0 Å². The third-order valence-electron chi connectivity index (χ3n) is 2.40. The molecule has 1 aromatic rings. The maximum atomic E-state index is 10.7. The second-order valence-electron chi connectivity index (χ2n) is 3.51. The van der Waals surface area contributed by atoms with Gasteiger partial charge in [0.2, 0.25) is 6.54 Å². The van der Waals surface area contributed by atoms with E-state index < -0.39 is 0 Å². The summed E-state index contributed by atoms with van der Waals surface area (Å²) in [5.41, 5.74) is 7.68. The first-order valence-electron chi connectivity index (χ1n) is 5.08. The van der Waals surface area contributed by atoms with E-state index >= 15 is 0 Å². The molecule has 86 valence electrons. The lowest BCUT2D eigenvalue weighted by Gasteiger charge is -2.10. The average Bonchev–Trinajstić information content (AvgIpc) is 2.31. The Kier molecular flexibility index (Phi) is 5.19. The van der Waals surface area contributed by atoms with Gasteiger partial charge in [-0.2, -0.15) is 0 Å². The van der Waals surface area contributed by atoms with Gasteiger partial charge in [0.25, 0.3) is 5.91 Å². The summed E-state index contributed by atoms with van der Waals surface area (Å²) in [4.78, 5) is 10.7. The maximum absolute atomic E-state index is 10.7. The van der Waals surface area contributed by atoms with Crippen molar-refractivity contribution in [3.05, 3.63) is 35.4 Å². The van der Waals surface area contributed by atoms with Crippen LogP contribution < -0.4 is 5.73 Å². The molecule has 1 aliphatic rings. The smallest absolute Gasteiger partial charge is 0.282 e. The van der Waals surface area contributed by atoms with Crippen LogP contribution in [0.3, 0.4) is 0 Å². The highest BCUT2D eigenvalue weighted by molar-refractivity contribution is 9.08. The van der Waals surface area contributed by atoms with E-state index in [-0.39, 0.29) is 5.91 Å². The highest BCUT2D eigenvalue weighted by Crippen LogP contribution is 2.10. The number of rotatable bonds is 2. The molecule has 1 heterocycles. The topological polar surface area (TPSA) is 46.1 Å². The molecule has 0 radical (unpaired) electrons. The van der Waals surface area contributed by atoms with Crippen molar-refractivity contribution in [1.82, 2.24) is 0 Å². The Labute approximate surface area is 104 Å². The third kappa shape index (κ3) is 3.45. The minimum absolute atomic E-state index is 0.277. The van der Waals surface area contributed by atoms with Crippen molar-refractivity contribution in [1.29, 1.82) is 0 Å². The molecule has 1 aromatic carbocycles. The van der Waals surface area contributed by atoms with Crippen molar-refractivity contribution in [2.24, 2.45) is 5.73 Å². The lowest BCUT2D eigenvalue weighted by Crippen LogP contribution is -2.31. The number of carbonyl (C=O) groups excluding carboxylic acids is 1. The number of primary amides is 1. The van der Waals surface area contributed by atoms with Crippen LogP contribution in [0, 0.1) is 0 Å². The van der Waals surface area contributed by atoms with Crippen LogP contribution in [0.1, 0.15) is 11.1 Å². The molecule has 0 aliphatic carbocycles. The minimum atomic E-state index is -0.277. The average molecular weight is 284 g/mol. The molecule has 1 aliphatic heterocycles. The molecule has 0 bridgehead atoms. The van der Waals surface area contributed by atoms with Gasteiger partial charge in [-0.25, -0.2) is 4.58 Å². The van der Waals surface area contributed by atoms with E-state index in [2.05, 4.69) is 28.1 Å². The van der Waals surface area contributed by atoms with Crippen LogP contribution in [-0.4, -0.2) is 35.6 Å². The largest absolute Gasteiger partial charge is 0.364 e. The molecule has 0 saturated heterocycles. The van der Waals surface area contributed by atoms with Crippen molar-refractivity contribution in [3.63, 3.8) is 0 Å². The van der Waals surface area contributed by atoms with Crippen LogP contribution in [0.15, 0.2) is 24.3 Å². The number of nitrogens with two attached hydrogens (primary N) is 1. The number of halogens is 1. The van der Waals surface area contributed by atoms with E-state index in [1.165, 1.54) is 11.1 Å². The molecular formula is C12H16BrN2O+. The maximum Gasteiger partial charge on any atom is 0.282 e. The van der Waals surface area contributed by atoms with Crippen molar-refractivity contribution in [3.8, 4) is 0 Å². The number of nitrogens with zero attached hydrogens (tertiary/aromatic N) is 1. The molecule has 0 saturated carbocycles. The van der Waals surface area contributed by atoms with E-state index in [4.69, 9.17) is 5.73 Å². The van der Waals surface area contributed by atoms with Gasteiger partial charge in [0.05, 0.1) is 0 Å². The van der Waals surface area contributed by atoms with Crippen molar-refractivity contribution < 1.29 is 9.37 Å².